The molecule has 104 valence electrons. The fourth-order valence-electron chi connectivity index (χ4n) is 2.93. The van der Waals surface area contributed by atoms with Crippen molar-refractivity contribution in [2.45, 2.75) is 25.2 Å². The first-order chi connectivity index (χ1) is 9.30. The predicted octanol–water partition coefficient (Wildman–Crippen LogP) is 2.03. The number of nitrogens with zero attached hydrogens (tertiary/aromatic N) is 1. The molecule has 4 heteroatoms. The summed E-state index contributed by atoms with van der Waals surface area (Å²) in [5.41, 5.74) is 1.30. The summed E-state index contributed by atoms with van der Waals surface area (Å²) in [5, 5.41) is 0. The molecule has 2 saturated heterocycles. The minimum atomic E-state index is -0.329. The Hall–Kier alpha value is -1.10. The van der Waals surface area contributed by atoms with Gasteiger partial charge in [0.25, 0.3) is 0 Å². The quantitative estimate of drug-likeness (QED) is 0.835. The van der Waals surface area contributed by atoms with Gasteiger partial charge in [-0.25, -0.2) is 0 Å². The Morgan fingerprint density at radius 3 is 2.63 bits per heavy atom. The fourth-order valence-corrected chi connectivity index (χ4v) is 2.93. The summed E-state index contributed by atoms with van der Waals surface area (Å²) in [6.07, 6.45) is 2.16. The lowest BCUT2D eigenvalue weighted by Crippen LogP contribution is -2.48. The highest BCUT2D eigenvalue weighted by molar-refractivity contribution is 5.27. The Morgan fingerprint density at radius 1 is 1.21 bits per heavy atom. The summed E-state index contributed by atoms with van der Waals surface area (Å²) in [6, 6.07) is 8.27. The molecule has 2 aliphatic rings. The maximum absolute atomic E-state index is 5.80. The van der Waals surface area contributed by atoms with E-state index in [0.29, 0.717) is 0 Å². The third-order valence-corrected chi connectivity index (χ3v) is 3.88. The van der Waals surface area contributed by atoms with Gasteiger partial charge >= 0.3 is 0 Å². The van der Waals surface area contributed by atoms with Crippen molar-refractivity contribution in [3.63, 3.8) is 0 Å². The van der Waals surface area contributed by atoms with E-state index in [1.54, 1.807) is 7.11 Å². The highest BCUT2D eigenvalue weighted by atomic mass is 16.7. The maximum Gasteiger partial charge on any atom is 0.181 e. The first-order valence-corrected chi connectivity index (χ1v) is 6.93. The molecule has 2 aliphatic heterocycles. The first kappa shape index (κ1) is 12.9. The lowest BCUT2D eigenvalue weighted by Gasteiger charge is -2.38. The average Bonchev–Trinajstić information content (AvgIpc) is 2.88. The smallest absolute Gasteiger partial charge is 0.181 e. The van der Waals surface area contributed by atoms with Crippen LogP contribution >= 0.6 is 0 Å². The summed E-state index contributed by atoms with van der Waals surface area (Å²) in [7, 11) is 1.69. The van der Waals surface area contributed by atoms with Crippen LogP contribution in [0.15, 0.2) is 24.3 Å². The van der Waals surface area contributed by atoms with Crippen LogP contribution in [0.5, 0.6) is 5.75 Å². The molecule has 0 unspecified atom stereocenters. The summed E-state index contributed by atoms with van der Waals surface area (Å²) in [4.78, 5) is 2.41. The van der Waals surface area contributed by atoms with Crippen molar-refractivity contribution < 1.29 is 14.2 Å². The zero-order valence-electron chi connectivity index (χ0n) is 11.4. The van der Waals surface area contributed by atoms with Crippen LogP contribution in [0.25, 0.3) is 0 Å². The molecule has 0 atom stereocenters. The Kier molecular flexibility index (Phi) is 3.73. The standard InChI is InChI=1S/C15H21NO3/c1-17-14-5-3-13(4-6-14)11-16-8-2-7-15(12-16)18-9-10-19-15/h3-6H,2,7-12H2,1H3. The lowest BCUT2D eigenvalue weighted by molar-refractivity contribution is -0.190. The van der Waals surface area contributed by atoms with Gasteiger partial charge in [0.1, 0.15) is 5.75 Å². The average molecular weight is 263 g/mol. The molecule has 2 fully saturated rings. The largest absolute Gasteiger partial charge is 0.497 e. The molecule has 0 N–H and O–H groups in total. The van der Waals surface area contributed by atoms with Crippen LogP contribution in [-0.4, -0.2) is 44.1 Å². The molecule has 1 aromatic carbocycles. The molecule has 0 amide bonds. The van der Waals surface area contributed by atoms with Crippen LogP contribution in [0.4, 0.5) is 0 Å². The third-order valence-electron chi connectivity index (χ3n) is 3.88. The summed E-state index contributed by atoms with van der Waals surface area (Å²) >= 11 is 0. The van der Waals surface area contributed by atoms with Crippen LogP contribution in [0.1, 0.15) is 18.4 Å². The monoisotopic (exact) mass is 263 g/mol. The van der Waals surface area contributed by atoms with Gasteiger partial charge in [0, 0.05) is 13.0 Å². The van der Waals surface area contributed by atoms with E-state index in [1.807, 2.05) is 12.1 Å². The van der Waals surface area contributed by atoms with Crippen molar-refractivity contribution in [1.29, 1.82) is 0 Å². The van der Waals surface area contributed by atoms with Crippen LogP contribution in [-0.2, 0) is 16.0 Å². The number of methoxy groups -OCH3 is 1. The van der Waals surface area contributed by atoms with E-state index in [1.165, 1.54) is 5.56 Å². The molecule has 0 radical (unpaired) electrons. The van der Waals surface area contributed by atoms with E-state index in [0.717, 1.165) is 51.4 Å². The van der Waals surface area contributed by atoms with Gasteiger partial charge in [-0.1, -0.05) is 12.1 Å². The van der Waals surface area contributed by atoms with Gasteiger partial charge in [-0.2, -0.15) is 0 Å². The van der Waals surface area contributed by atoms with Crippen LogP contribution < -0.4 is 4.74 Å². The summed E-state index contributed by atoms with van der Waals surface area (Å²) in [6.45, 7) is 4.39. The number of piperidine rings is 1. The number of ether oxygens (including phenoxy) is 3. The zero-order valence-corrected chi connectivity index (χ0v) is 11.4. The Bertz CT molecular complexity index is 412. The second kappa shape index (κ2) is 5.49. The second-order valence-electron chi connectivity index (χ2n) is 5.27. The number of benzene rings is 1. The third kappa shape index (κ3) is 2.91. The zero-order chi connectivity index (χ0) is 13.1. The topological polar surface area (TPSA) is 30.9 Å². The second-order valence-corrected chi connectivity index (χ2v) is 5.27. The van der Waals surface area contributed by atoms with Crippen LogP contribution in [0.2, 0.25) is 0 Å². The summed E-state index contributed by atoms with van der Waals surface area (Å²) < 4.78 is 16.8. The highest BCUT2D eigenvalue weighted by Crippen LogP contribution is 2.30. The molecule has 1 spiro atoms. The maximum atomic E-state index is 5.80. The molecule has 4 nitrogen and oxygen atoms in total. The highest BCUT2D eigenvalue weighted by Gasteiger charge is 2.40. The molecule has 0 aromatic heterocycles. The minimum Gasteiger partial charge on any atom is -0.497 e. The Morgan fingerprint density at radius 2 is 1.95 bits per heavy atom. The van der Waals surface area contributed by atoms with Gasteiger partial charge < -0.3 is 14.2 Å². The van der Waals surface area contributed by atoms with Crippen molar-refractivity contribution in [3.8, 4) is 5.75 Å². The van der Waals surface area contributed by atoms with Gasteiger partial charge in [-0.05, 0) is 30.7 Å². The van der Waals surface area contributed by atoms with Crippen molar-refractivity contribution in [2.75, 3.05) is 33.4 Å². The van der Waals surface area contributed by atoms with E-state index in [4.69, 9.17) is 14.2 Å². The van der Waals surface area contributed by atoms with Crippen LogP contribution in [0.3, 0.4) is 0 Å². The van der Waals surface area contributed by atoms with E-state index in [9.17, 15) is 0 Å². The van der Waals surface area contributed by atoms with Gasteiger partial charge in [0.05, 0.1) is 26.9 Å². The Labute approximate surface area is 114 Å². The van der Waals surface area contributed by atoms with E-state index < -0.39 is 0 Å². The van der Waals surface area contributed by atoms with E-state index in [2.05, 4.69) is 17.0 Å². The van der Waals surface area contributed by atoms with Crippen LogP contribution in [0, 0.1) is 0 Å². The lowest BCUT2D eigenvalue weighted by atomic mass is 10.0. The van der Waals surface area contributed by atoms with E-state index in [-0.39, 0.29) is 5.79 Å². The minimum absolute atomic E-state index is 0.329. The number of likely N-dealkylation sites (tertiary alicyclic amines) is 1. The van der Waals surface area contributed by atoms with Gasteiger partial charge in [-0.3, -0.25) is 4.90 Å². The molecule has 0 aliphatic carbocycles. The molecule has 2 heterocycles. The number of rotatable bonds is 3. The molecular formula is C15H21NO3. The normalized spacial score (nSPS) is 22.8. The summed E-state index contributed by atoms with van der Waals surface area (Å²) in [5.74, 6) is 0.575. The van der Waals surface area contributed by atoms with Gasteiger partial charge in [-0.15, -0.1) is 0 Å². The predicted molar refractivity (Wildman–Crippen MR) is 72.1 cm³/mol. The molecule has 3 rings (SSSR count). The van der Waals surface area contributed by atoms with Crippen molar-refractivity contribution >= 4 is 0 Å². The number of hydrogen-bond acceptors (Lipinski definition) is 4. The van der Waals surface area contributed by atoms with E-state index >= 15 is 0 Å². The molecule has 0 saturated carbocycles. The van der Waals surface area contributed by atoms with Gasteiger partial charge in [0.2, 0.25) is 0 Å². The Balaban J connectivity index is 1.62. The molecule has 19 heavy (non-hydrogen) atoms. The SMILES string of the molecule is COc1ccc(CN2CCCC3(C2)OCCO3)cc1. The molecule has 0 bridgehead atoms. The fraction of sp³-hybridized carbons (Fsp3) is 0.600. The van der Waals surface area contributed by atoms with Crippen molar-refractivity contribution in [3.05, 3.63) is 29.8 Å². The first-order valence-electron chi connectivity index (χ1n) is 6.93. The molecular weight excluding hydrogens is 242 g/mol. The van der Waals surface area contributed by atoms with Crippen molar-refractivity contribution in [2.24, 2.45) is 0 Å². The number of hydrogen-bond donors (Lipinski definition) is 0. The molecule has 1 aromatic rings. The van der Waals surface area contributed by atoms with Gasteiger partial charge in [0.15, 0.2) is 5.79 Å². The van der Waals surface area contributed by atoms with Crippen molar-refractivity contribution in [1.82, 2.24) is 4.90 Å².